The van der Waals surface area contributed by atoms with Crippen molar-refractivity contribution in [3.63, 3.8) is 0 Å². The largest absolute Gasteiger partial charge is 0.507 e. The molecule has 2 aromatic rings. The van der Waals surface area contributed by atoms with Crippen LogP contribution in [-0.4, -0.2) is 61.9 Å². The van der Waals surface area contributed by atoms with Gasteiger partial charge in [-0.1, -0.05) is 18.1 Å². The van der Waals surface area contributed by atoms with Gasteiger partial charge in [-0.25, -0.2) is 4.79 Å². The first-order valence-electron chi connectivity index (χ1n) is 14.1. The number of hydrogen-bond donors (Lipinski definition) is 3. The van der Waals surface area contributed by atoms with Crippen LogP contribution in [0.25, 0.3) is 6.08 Å². The summed E-state index contributed by atoms with van der Waals surface area (Å²) in [6, 6.07) is 4.56. The zero-order valence-electron chi connectivity index (χ0n) is 25.0. The lowest BCUT2D eigenvalue weighted by Crippen LogP contribution is -2.26. The number of carbonyl (C=O) groups is 3. The molecule has 1 aliphatic rings. The van der Waals surface area contributed by atoms with Crippen LogP contribution >= 0.6 is 0 Å². The highest BCUT2D eigenvalue weighted by atomic mass is 16.5. The number of amides is 1. The molecule has 1 unspecified atom stereocenters. The molecule has 0 spiro atoms. The van der Waals surface area contributed by atoms with E-state index in [4.69, 9.17) is 25.4 Å². The number of benzene rings is 2. The Morgan fingerprint density at radius 1 is 1.09 bits per heavy atom. The van der Waals surface area contributed by atoms with Gasteiger partial charge in [0.25, 0.3) is 0 Å². The van der Waals surface area contributed by atoms with Crippen molar-refractivity contribution in [3.8, 4) is 41.1 Å². The molecular formula is C33H39NO9. The molecule has 10 nitrogen and oxygen atoms in total. The number of aromatic hydroxyl groups is 2. The molecule has 1 aliphatic heterocycles. The zero-order valence-corrected chi connectivity index (χ0v) is 25.0. The minimum atomic E-state index is -0.981. The molecule has 2 atom stereocenters. The van der Waals surface area contributed by atoms with Crippen LogP contribution in [0.15, 0.2) is 24.3 Å². The van der Waals surface area contributed by atoms with Crippen molar-refractivity contribution < 1.29 is 43.5 Å². The number of terminal acetylenes is 1. The van der Waals surface area contributed by atoms with Gasteiger partial charge < -0.3 is 34.5 Å². The summed E-state index contributed by atoms with van der Waals surface area (Å²) in [4.78, 5) is 38.6. The Bertz CT molecular complexity index is 1380. The van der Waals surface area contributed by atoms with Gasteiger partial charge in [0.2, 0.25) is 11.7 Å². The minimum absolute atomic E-state index is 0.0242. The lowest BCUT2D eigenvalue weighted by molar-refractivity contribution is -0.121. The van der Waals surface area contributed by atoms with E-state index in [2.05, 4.69) is 11.2 Å². The predicted octanol–water partition coefficient (Wildman–Crippen LogP) is 4.88. The number of Topliss-reactive ketones (excluding diaryl/α,β-unsaturated/α-hetero) is 1. The lowest BCUT2D eigenvalue weighted by Gasteiger charge is -2.24. The molecule has 3 rings (SSSR count). The molecule has 0 saturated heterocycles. The van der Waals surface area contributed by atoms with Crippen molar-refractivity contribution in [2.24, 2.45) is 0 Å². The number of ether oxygens (including phenoxy) is 4. The summed E-state index contributed by atoms with van der Waals surface area (Å²) >= 11 is 0. The number of nitrogens with one attached hydrogen (secondary N) is 1. The number of phenols is 2. The molecule has 0 radical (unpaired) electrons. The Kier molecular flexibility index (Phi) is 11.9. The van der Waals surface area contributed by atoms with Crippen LogP contribution in [0.5, 0.6) is 28.7 Å². The van der Waals surface area contributed by atoms with Crippen LogP contribution < -0.4 is 19.5 Å². The highest BCUT2D eigenvalue weighted by Crippen LogP contribution is 2.47. The van der Waals surface area contributed by atoms with Crippen LogP contribution in [0, 0.1) is 12.3 Å². The number of cyclic esters (lactones) is 1. The standard InChI is InChI=1S/C33H39NO9/c1-6-15-34-28(37)19-24(22-17-26(40-3)32(42-5)27(18-22)41-4)30-25(36)16-21-12-8-7-9-13-23(35)14-10-11-20(2)43-33(39)29(21)31(30)38/h1,8,12,16-18,20,24,36,38H,7,9-11,13-15,19H2,2-5H3,(H,34,37)/b12-8+/t20-,24?/m0/s1. The Hall–Kier alpha value is -4.65. The van der Waals surface area contributed by atoms with Gasteiger partial charge in [0, 0.05) is 30.7 Å². The molecule has 2 aromatic carbocycles. The molecule has 10 heteroatoms. The highest BCUT2D eigenvalue weighted by Gasteiger charge is 2.32. The van der Waals surface area contributed by atoms with Gasteiger partial charge in [-0.15, -0.1) is 6.42 Å². The van der Waals surface area contributed by atoms with Crippen LogP contribution in [0.1, 0.15) is 84.8 Å². The summed E-state index contributed by atoms with van der Waals surface area (Å²) in [6.45, 7) is 1.69. The number of rotatable bonds is 8. The fourth-order valence-corrected chi connectivity index (χ4v) is 5.12. The van der Waals surface area contributed by atoms with Gasteiger partial charge in [-0.2, -0.15) is 0 Å². The Labute approximate surface area is 252 Å². The van der Waals surface area contributed by atoms with Crippen LogP contribution in [0.4, 0.5) is 0 Å². The second-order valence-corrected chi connectivity index (χ2v) is 10.3. The number of allylic oxidation sites excluding steroid dienone is 1. The van der Waals surface area contributed by atoms with Crippen molar-refractivity contribution >= 4 is 23.7 Å². The summed E-state index contributed by atoms with van der Waals surface area (Å²) < 4.78 is 22.1. The van der Waals surface area contributed by atoms with E-state index < -0.39 is 29.6 Å². The maximum atomic E-state index is 13.5. The molecule has 0 aromatic heterocycles. The molecule has 230 valence electrons. The fourth-order valence-electron chi connectivity index (χ4n) is 5.12. The molecule has 0 saturated carbocycles. The van der Waals surface area contributed by atoms with E-state index >= 15 is 0 Å². The first kappa shape index (κ1) is 32.9. The first-order valence-corrected chi connectivity index (χ1v) is 14.1. The fraction of sp³-hybridized carbons (Fsp3) is 0.424. The second-order valence-electron chi connectivity index (χ2n) is 10.3. The van der Waals surface area contributed by atoms with Crippen molar-refractivity contribution in [1.82, 2.24) is 5.32 Å². The third kappa shape index (κ3) is 8.22. The molecule has 0 bridgehead atoms. The molecule has 0 fully saturated rings. The van der Waals surface area contributed by atoms with E-state index in [0.717, 1.165) is 0 Å². The molecule has 3 N–H and O–H groups in total. The number of carbonyl (C=O) groups excluding carboxylic acids is 3. The van der Waals surface area contributed by atoms with E-state index in [0.29, 0.717) is 49.8 Å². The first-order chi connectivity index (χ1) is 20.6. The topological polar surface area (TPSA) is 141 Å². The SMILES string of the molecule is C#CCNC(=O)CC(c1cc(OC)c(OC)c(OC)c1)c1c(O)cc2c(c1O)C(=O)O[C@@H](C)CCCC(=O)CCC/C=C/2. The third-order valence-electron chi connectivity index (χ3n) is 7.27. The second kappa shape index (κ2) is 15.5. The van der Waals surface area contributed by atoms with Crippen LogP contribution in [0.2, 0.25) is 0 Å². The summed E-state index contributed by atoms with van der Waals surface area (Å²) in [7, 11) is 4.33. The van der Waals surface area contributed by atoms with Crippen molar-refractivity contribution in [1.29, 1.82) is 0 Å². The lowest BCUT2D eigenvalue weighted by atomic mass is 9.84. The van der Waals surface area contributed by atoms with Gasteiger partial charge >= 0.3 is 5.97 Å². The zero-order chi connectivity index (χ0) is 31.5. The average Bonchev–Trinajstić information content (AvgIpc) is 2.97. The number of esters is 1. The van der Waals surface area contributed by atoms with Crippen molar-refractivity contribution in [3.05, 3.63) is 46.5 Å². The van der Waals surface area contributed by atoms with E-state index in [1.54, 1.807) is 31.2 Å². The molecule has 1 heterocycles. The summed E-state index contributed by atoms with van der Waals surface area (Å²) in [5, 5.41) is 25.6. The van der Waals surface area contributed by atoms with E-state index in [-0.39, 0.29) is 52.7 Å². The molecule has 0 aliphatic carbocycles. The van der Waals surface area contributed by atoms with Crippen molar-refractivity contribution in [2.45, 2.75) is 63.9 Å². The van der Waals surface area contributed by atoms with Gasteiger partial charge in [-0.05, 0) is 61.9 Å². The number of ketones is 1. The number of hydrogen-bond acceptors (Lipinski definition) is 9. The van der Waals surface area contributed by atoms with Gasteiger partial charge in [-0.3, -0.25) is 9.59 Å². The maximum Gasteiger partial charge on any atom is 0.342 e. The summed E-state index contributed by atoms with van der Waals surface area (Å²) in [5.74, 6) is 0.291. The Morgan fingerprint density at radius 3 is 2.40 bits per heavy atom. The monoisotopic (exact) mass is 593 g/mol. The van der Waals surface area contributed by atoms with Gasteiger partial charge in [0.05, 0.1) is 34.0 Å². The summed E-state index contributed by atoms with van der Waals surface area (Å²) in [6.07, 6.45) is 11.0. The van der Waals surface area contributed by atoms with Crippen LogP contribution in [0.3, 0.4) is 0 Å². The normalized spacial score (nSPS) is 17.3. The average molecular weight is 594 g/mol. The molecular weight excluding hydrogens is 554 g/mol. The predicted molar refractivity (Wildman–Crippen MR) is 161 cm³/mol. The minimum Gasteiger partial charge on any atom is -0.507 e. The maximum absolute atomic E-state index is 13.5. The highest BCUT2D eigenvalue weighted by molar-refractivity contribution is 5.98. The number of methoxy groups -OCH3 is 3. The summed E-state index contributed by atoms with van der Waals surface area (Å²) in [5.41, 5.74) is 0.456. The van der Waals surface area contributed by atoms with Gasteiger partial charge in [0.1, 0.15) is 22.8 Å². The molecule has 43 heavy (non-hydrogen) atoms. The van der Waals surface area contributed by atoms with E-state index in [1.165, 1.54) is 27.4 Å². The third-order valence-corrected chi connectivity index (χ3v) is 7.27. The van der Waals surface area contributed by atoms with Gasteiger partial charge in [0.15, 0.2) is 11.5 Å². The Balaban J connectivity index is 2.24. The molecule has 1 amide bonds. The van der Waals surface area contributed by atoms with E-state index in [9.17, 15) is 24.6 Å². The van der Waals surface area contributed by atoms with E-state index in [1.807, 2.05) is 0 Å². The quantitative estimate of drug-likeness (QED) is 0.289. The van der Waals surface area contributed by atoms with Crippen molar-refractivity contribution in [2.75, 3.05) is 27.9 Å². The van der Waals surface area contributed by atoms with Crippen LogP contribution in [-0.2, 0) is 14.3 Å². The number of fused-ring (bicyclic) bond motifs is 1. The smallest absolute Gasteiger partial charge is 0.342 e. The Morgan fingerprint density at radius 2 is 1.77 bits per heavy atom. The number of phenolic OH excluding ortho intramolecular Hbond substituents is 2.